The Bertz CT molecular complexity index is 580. The van der Waals surface area contributed by atoms with E-state index < -0.39 is 0 Å². The molecular weight excluding hydrogens is 236 g/mol. The number of carbonyl (C=O) groups excluding carboxylic acids is 1. The number of thiazole rings is 1. The minimum atomic E-state index is 0.0906. The van der Waals surface area contributed by atoms with E-state index in [2.05, 4.69) is 15.6 Å². The predicted molar refractivity (Wildman–Crippen MR) is 69.1 cm³/mol. The van der Waals surface area contributed by atoms with Gasteiger partial charge in [0.2, 0.25) is 5.91 Å². The van der Waals surface area contributed by atoms with Crippen molar-refractivity contribution in [3.63, 3.8) is 0 Å². The lowest BCUT2D eigenvalue weighted by Crippen LogP contribution is -2.22. The summed E-state index contributed by atoms with van der Waals surface area (Å²) in [5.74, 6) is 0.0906. The molecule has 1 aliphatic heterocycles. The van der Waals surface area contributed by atoms with E-state index >= 15 is 0 Å². The van der Waals surface area contributed by atoms with Crippen LogP contribution < -0.4 is 16.4 Å². The Labute approximate surface area is 102 Å². The van der Waals surface area contributed by atoms with Crippen molar-refractivity contribution in [2.24, 2.45) is 0 Å². The smallest absolute Gasteiger partial charge is 0.222 e. The lowest BCUT2D eigenvalue weighted by molar-refractivity contribution is -0.119. The molecule has 0 radical (unpaired) electrons. The minimum absolute atomic E-state index is 0.0906. The molecule has 5 nitrogen and oxygen atoms in total. The van der Waals surface area contributed by atoms with Crippen molar-refractivity contribution < 1.29 is 4.79 Å². The van der Waals surface area contributed by atoms with E-state index in [9.17, 15) is 4.79 Å². The monoisotopic (exact) mass is 248 g/mol. The number of rotatable bonds is 2. The number of amides is 1. The van der Waals surface area contributed by atoms with Crippen LogP contribution >= 0.6 is 11.3 Å². The van der Waals surface area contributed by atoms with Crippen LogP contribution in [0.4, 0.5) is 10.8 Å². The van der Waals surface area contributed by atoms with Gasteiger partial charge in [0, 0.05) is 18.7 Å². The summed E-state index contributed by atoms with van der Waals surface area (Å²) in [6.07, 6.45) is 0.512. The fraction of sp³-hybridized carbons (Fsp3) is 0.273. The standard InChI is InChI=1S/C11H12N4OS/c12-6-1-2-8-9(3-6)17-11(15-8)14-7-4-10(16)13-5-7/h1-3,7H,4-5,12H2,(H,13,16)(H,14,15). The molecule has 2 aromatic rings. The van der Waals surface area contributed by atoms with E-state index in [1.165, 1.54) is 0 Å². The predicted octanol–water partition coefficient (Wildman–Crippen LogP) is 1.18. The largest absolute Gasteiger partial charge is 0.399 e. The average molecular weight is 248 g/mol. The van der Waals surface area contributed by atoms with Crippen molar-refractivity contribution in [3.05, 3.63) is 18.2 Å². The maximum absolute atomic E-state index is 11.1. The van der Waals surface area contributed by atoms with Gasteiger partial charge in [-0.05, 0) is 18.2 Å². The van der Waals surface area contributed by atoms with Gasteiger partial charge in [0.15, 0.2) is 5.13 Å². The van der Waals surface area contributed by atoms with Gasteiger partial charge in [-0.15, -0.1) is 0 Å². The maximum atomic E-state index is 11.1. The SMILES string of the molecule is Nc1ccc2nc(NC3CNC(=O)C3)sc2c1. The second kappa shape index (κ2) is 3.89. The van der Waals surface area contributed by atoms with Gasteiger partial charge in [0.05, 0.1) is 16.3 Å². The number of nitrogens with one attached hydrogen (secondary N) is 2. The Balaban J connectivity index is 1.83. The number of nitrogen functional groups attached to an aromatic ring is 1. The van der Waals surface area contributed by atoms with Crippen LogP contribution in [0.1, 0.15) is 6.42 Å². The summed E-state index contributed by atoms with van der Waals surface area (Å²) >= 11 is 1.56. The summed E-state index contributed by atoms with van der Waals surface area (Å²) in [5, 5.41) is 6.89. The van der Waals surface area contributed by atoms with Crippen LogP contribution in [0.3, 0.4) is 0 Å². The van der Waals surface area contributed by atoms with E-state index in [-0.39, 0.29) is 11.9 Å². The van der Waals surface area contributed by atoms with E-state index in [0.29, 0.717) is 13.0 Å². The Morgan fingerprint density at radius 2 is 2.41 bits per heavy atom. The fourth-order valence-corrected chi connectivity index (χ4v) is 2.88. The molecule has 3 rings (SSSR count). The van der Waals surface area contributed by atoms with Crippen LogP contribution in [0.15, 0.2) is 18.2 Å². The first-order valence-electron chi connectivity index (χ1n) is 5.40. The number of carbonyl (C=O) groups is 1. The molecule has 1 fully saturated rings. The normalized spacial score (nSPS) is 19.5. The highest BCUT2D eigenvalue weighted by Crippen LogP contribution is 2.28. The number of benzene rings is 1. The minimum Gasteiger partial charge on any atom is -0.399 e. The molecule has 2 heterocycles. The van der Waals surface area contributed by atoms with Crippen LogP contribution in [0.2, 0.25) is 0 Å². The summed E-state index contributed by atoms with van der Waals surface area (Å²) in [6.45, 7) is 0.664. The third-order valence-electron chi connectivity index (χ3n) is 2.72. The second-order valence-electron chi connectivity index (χ2n) is 4.10. The van der Waals surface area contributed by atoms with Crippen molar-refractivity contribution in [1.82, 2.24) is 10.3 Å². The molecule has 4 N–H and O–H groups in total. The Morgan fingerprint density at radius 1 is 1.53 bits per heavy atom. The van der Waals surface area contributed by atoms with Crippen LogP contribution in [-0.4, -0.2) is 23.5 Å². The lowest BCUT2D eigenvalue weighted by atomic mass is 10.3. The van der Waals surface area contributed by atoms with Crippen molar-refractivity contribution in [2.45, 2.75) is 12.5 Å². The van der Waals surface area contributed by atoms with E-state index in [1.807, 2.05) is 18.2 Å². The van der Waals surface area contributed by atoms with E-state index in [1.54, 1.807) is 11.3 Å². The van der Waals surface area contributed by atoms with E-state index in [4.69, 9.17) is 5.73 Å². The van der Waals surface area contributed by atoms with Gasteiger partial charge in [0.1, 0.15) is 0 Å². The van der Waals surface area contributed by atoms with Crippen molar-refractivity contribution in [1.29, 1.82) is 0 Å². The molecule has 1 aromatic heterocycles. The van der Waals surface area contributed by atoms with Crippen LogP contribution in [0.25, 0.3) is 10.2 Å². The summed E-state index contributed by atoms with van der Waals surface area (Å²) < 4.78 is 1.06. The third-order valence-corrected chi connectivity index (χ3v) is 3.67. The van der Waals surface area contributed by atoms with Gasteiger partial charge in [-0.2, -0.15) is 0 Å². The molecule has 1 aliphatic rings. The topological polar surface area (TPSA) is 80.0 Å². The zero-order valence-electron chi connectivity index (χ0n) is 9.06. The molecule has 6 heteroatoms. The number of nitrogens with zero attached hydrogens (tertiary/aromatic N) is 1. The first-order valence-corrected chi connectivity index (χ1v) is 6.22. The summed E-state index contributed by atoms with van der Waals surface area (Å²) in [6, 6.07) is 5.80. The maximum Gasteiger partial charge on any atom is 0.222 e. The Hall–Kier alpha value is -1.82. The average Bonchev–Trinajstić information content (AvgIpc) is 2.84. The van der Waals surface area contributed by atoms with Gasteiger partial charge in [-0.3, -0.25) is 4.79 Å². The molecule has 1 unspecified atom stereocenters. The van der Waals surface area contributed by atoms with Crippen molar-refractivity contribution in [2.75, 3.05) is 17.6 Å². The van der Waals surface area contributed by atoms with Gasteiger partial charge in [-0.1, -0.05) is 11.3 Å². The molecule has 1 atom stereocenters. The highest BCUT2D eigenvalue weighted by atomic mass is 32.1. The zero-order chi connectivity index (χ0) is 11.8. The number of nitrogens with two attached hydrogens (primary N) is 1. The van der Waals surface area contributed by atoms with Crippen LogP contribution in [0.5, 0.6) is 0 Å². The summed E-state index contributed by atoms with van der Waals surface area (Å²) in [7, 11) is 0. The molecule has 1 amide bonds. The van der Waals surface area contributed by atoms with Crippen molar-refractivity contribution in [3.8, 4) is 0 Å². The van der Waals surface area contributed by atoms with Gasteiger partial charge in [-0.25, -0.2) is 4.98 Å². The summed E-state index contributed by atoms with van der Waals surface area (Å²) in [4.78, 5) is 15.5. The summed E-state index contributed by atoms with van der Waals surface area (Å²) in [5.41, 5.74) is 7.39. The van der Waals surface area contributed by atoms with Gasteiger partial charge >= 0.3 is 0 Å². The fourth-order valence-electron chi connectivity index (χ4n) is 1.88. The molecule has 17 heavy (non-hydrogen) atoms. The highest BCUT2D eigenvalue weighted by Gasteiger charge is 2.21. The molecule has 1 saturated heterocycles. The molecule has 1 aromatic carbocycles. The highest BCUT2D eigenvalue weighted by molar-refractivity contribution is 7.22. The van der Waals surface area contributed by atoms with Crippen LogP contribution in [0, 0.1) is 0 Å². The first kappa shape index (κ1) is 10.3. The van der Waals surface area contributed by atoms with Crippen molar-refractivity contribution >= 4 is 38.3 Å². The first-order chi connectivity index (χ1) is 8.20. The van der Waals surface area contributed by atoms with E-state index in [0.717, 1.165) is 21.0 Å². The molecule has 0 saturated carbocycles. The molecule has 0 spiro atoms. The number of anilines is 2. The number of fused-ring (bicyclic) bond motifs is 1. The Morgan fingerprint density at radius 3 is 3.18 bits per heavy atom. The quantitative estimate of drug-likeness (QED) is 0.697. The second-order valence-corrected chi connectivity index (χ2v) is 5.13. The molecule has 88 valence electrons. The Kier molecular flexibility index (Phi) is 2.36. The molecule has 0 aliphatic carbocycles. The number of aromatic nitrogens is 1. The zero-order valence-corrected chi connectivity index (χ0v) is 9.88. The molecular formula is C11H12N4OS. The molecule has 0 bridgehead atoms. The number of hydrogen-bond donors (Lipinski definition) is 3. The number of hydrogen-bond acceptors (Lipinski definition) is 5. The van der Waals surface area contributed by atoms with Gasteiger partial charge < -0.3 is 16.4 Å². The van der Waals surface area contributed by atoms with Gasteiger partial charge in [0.25, 0.3) is 0 Å². The third kappa shape index (κ3) is 2.03. The van der Waals surface area contributed by atoms with Crippen LogP contribution in [-0.2, 0) is 4.79 Å². The lowest BCUT2D eigenvalue weighted by Gasteiger charge is -2.07.